The zero-order valence-corrected chi connectivity index (χ0v) is 13.3. The van der Waals surface area contributed by atoms with Crippen molar-refractivity contribution >= 4 is 38.6 Å². The van der Waals surface area contributed by atoms with Gasteiger partial charge in [-0.15, -0.1) is 11.6 Å². The van der Waals surface area contributed by atoms with E-state index in [0.717, 1.165) is 21.8 Å². The summed E-state index contributed by atoms with van der Waals surface area (Å²) in [5.41, 5.74) is 2.24. The number of aryl methyl sites for hydroxylation is 1. The van der Waals surface area contributed by atoms with Crippen LogP contribution >= 0.6 is 27.5 Å². The number of hydrogen-bond acceptors (Lipinski definition) is 1. The van der Waals surface area contributed by atoms with E-state index in [-0.39, 0.29) is 11.4 Å². The largest absolute Gasteiger partial charge is 0.294 e. The van der Waals surface area contributed by atoms with Crippen molar-refractivity contribution < 1.29 is 8.78 Å². The molecule has 1 aromatic heterocycles. The Morgan fingerprint density at radius 3 is 2.71 bits per heavy atom. The summed E-state index contributed by atoms with van der Waals surface area (Å²) in [6, 6.07) is 7.81. The molecule has 0 fully saturated rings. The molecule has 2 nitrogen and oxygen atoms in total. The van der Waals surface area contributed by atoms with Gasteiger partial charge in [0.15, 0.2) is 5.82 Å². The fraction of sp³-hybridized carbons (Fsp3) is 0.133. The number of fused-ring (bicyclic) bond motifs is 1. The molecule has 3 rings (SSSR count). The van der Waals surface area contributed by atoms with Crippen LogP contribution in [-0.4, -0.2) is 9.55 Å². The number of halogens is 4. The Bertz CT molecular complexity index is 845. The third kappa shape index (κ3) is 2.45. The fourth-order valence-corrected chi connectivity index (χ4v) is 2.91. The second-order valence-corrected chi connectivity index (χ2v) is 5.83. The van der Waals surface area contributed by atoms with Crippen molar-refractivity contribution in [3.05, 3.63) is 57.8 Å². The monoisotopic (exact) mass is 370 g/mol. The lowest BCUT2D eigenvalue weighted by molar-refractivity contribution is 0.590. The van der Waals surface area contributed by atoms with Crippen molar-refractivity contribution in [2.24, 2.45) is 0 Å². The minimum atomic E-state index is -0.695. The van der Waals surface area contributed by atoms with Crippen LogP contribution in [0.4, 0.5) is 8.78 Å². The fourth-order valence-electron chi connectivity index (χ4n) is 2.30. The van der Waals surface area contributed by atoms with Gasteiger partial charge in [-0.25, -0.2) is 13.8 Å². The summed E-state index contributed by atoms with van der Waals surface area (Å²) in [7, 11) is 0. The minimum Gasteiger partial charge on any atom is -0.294 e. The van der Waals surface area contributed by atoms with Crippen LogP contribution in [0, 0.1) is 18.6 Å². The van der Waals surface area contributed by atoms with E-state index in [1.54, 1.807) is 4.57 Å². The maximum atomic E-state index is 13.9. The number of aromatic nitrogens is 2. The van der Waals surface area contributed by atoms with Gasteiger partial charge in [0.05, 0.1) is 17.1 Å². The SMILES string of the molecule is Cc1ccc(Br)c(-n2c(CCl)nc3c(F)cc(F)cc32)c1. The van der Waals surface area contributed by atoms with Crippen molar-refractivity contribution in [2.75, 3.05) is 0 Å². The Morgan fingerprint density at radius 1 is 1.24 bits per heavy atom. The highest BCUT2D eigenvalue weighted by molar-refractivity contribution is 9.10. The van der Waals surface area contributed by atoms with E-state index in [1.807, 2.05) is 25.1 Å². The van der Waals surface area contributed by atoms with Crippen LogP contribution < -0.4 is 0 Å². The minimum absolute atomic E-state index is 0.0934. The summed E-state index contributed by atoms with van der Waals surface area (Å²) in [5, 5.41) is 0. The first-order valence-electron chi connectivity index (χ1n) is 6.20. The zero-order valence-electron chi connectivity index (χ0n) is 11.0. The van der Waals surface area contributed by atoms with E-state index in [4.69, 9.17) is 11.6 Å². The number of alkyl halides is 1. The Balaban J connectivity index is 2.43. The first-order chi connectivity index (χ1) is 10.0. The Labute approximate surface area is 133 Å². The average Bonchev–Trinajstić information content (AvgIpc) is 2.80. The van der Waals surface area contributed by atoms with Crippen molar-refractivity contribution in [1.29, 1.82) is 0 Å². The van der Waals surface area contributed by atoms with E-state index >= 15 is 0 Å². The lowest BCUT2D eigenvalue weighted by Crippen LogP contribution is -2.01. The number of benzene rings is 2. The summed E-state index contributed by atoms with van der Waals surface area (Å²) < 4.78 is 29.9. The number of nitrogens with zero attached hydrogens (tertiary/aromatic N) is 2. The van der Waals surface area contributed by atoms with Gasteiger partial charge in [0.25, 0.3) is 0 Å². The average molecular weight is 372 g/mol. The first-order valence-corrected chi connectivity index (χ1v) is 7.53. The maximum Gasteiger partial charge on any atom is 0.153 e. The van der Waals surface area contributed by atoms with E-state index in [1.165, 1.54) is 6.07 Å². The third-order valence-electron chi connectivity index (χ3n) is 3.21. The molecule has 21 heavy (non-hydrogen) atoms. The van der Waals surface area contributed by atoms with Gasteiger partial charge in [0.2, 0.25) is 0 Å². The third-order valence-corrected chi connectivity index (χ3v) is 4.12. The lowest BCUT2D eigenvalue weighted by Gasteiger charge is -2.11. The van der Waals surface area contributed by atoms with Crippen LogP contribution in [0.15, 0.2) is 34.8 Å². The van der Waals surface area contributed by atoms with E-state index in [2.05, 4.69) is 20.9 Å². The predicted molar refractivity (Wildman–Crippen MR) is 83.0 cm³/mol. The number of imidazole rings is 1. The van der Waals surface area contributed by atoms with Gasteiger partial charge in [-0.1, -0.05) is 6.07 Å². The molecule has 0 bridgehead atoms. The second kappa shape index (κ2) is 5.39. The lowest BCUT2D eigenvalue weighted by atomic mass is 10.2. The van der Waals surface area contributed by atoms with Gasteiger partial charge in [0.1, 0.15) is 17.2 Å². The highest BCUT2D eigenvalue weighted by atomic mass is 79.9. The highest BCUT2D eigenvalue weighted by Gasteiger charge is 2.17. The maximum absolute atomic E-state index is 13.9. The van der Waals surface area contributed by atoms with Gasteiger partial charge >= 0.3 is 0 Å². The molecule has 0 atom stereocenters. The smallest absolute Gasteiger partial charge is 0.153 e. The van der Waals surface area contributed by atoms with Crippen LogP contribution in [0.3, 0.4) is 0 Å². The Hall–Kier alpha value is -1.46. The molecule has 1 heterocycles. The molecule has 0 radical (unpaired) electrons. The zero-order chi connectivity index (χ0) is 15.1. The molecule has 2 aromatic carbocycles. The van der Waals surface area contributed by atoms with Crippen LogP contribution in [-0.2, 0) is 5.88 Å². The van der Waals surface area contributed by atoms with Crippen molar-refractivity contribution in [3.8, 4) is 5.69 Å². The molecule has 0 N–H and O–H groups in total. The standard InChI is InChI=1S/C15H10BrClF2N2/c1-8-2-3-10(16)12(4-8)21-13-6-9(18)5-11(19)15(13)20-14(21)7-17/h2-6H,7H2,1H3. The Kier molecular flexibility index (Phi) is 3.71. The Morgan fingerprint density at radius 2 is 2.00 bits per heavy atom. The highest BCUT2D eigenvalue weighted by Crippen LogP contribution is 2.30. The first kappa shape index (κ1) is 14.5. The molecule has 0 saturated carbocycles. The van der Waals surface area contributed by atoms with Crippen molar-refractivity contribution in [1.82, 2.24) is 9.55 Å². The van der Waals surface area contributed by atoms with Gasteiger partial charge < -0.3 is 0 Å². The molecular formula is C15H10BrClF2N2. The van der Waals surface area contributed by atoms with E-state index in [9.17, 15) is 8.78 Å². The van der Waals surface area contributed by atoms with Crippen LogP contribution in [0.1, 0.15) is 11.4 Å². The van der Waals surface area contributed by atoms with Gasteiger partial charge in [-0.05, 0) is 40.5 Å². The topological polar surface area (TPSA) is 17.8 Å². The van der Waals surface area contributed by atoms with Crippen LogP contribution in [0.25, 0.3) is 16.7 Å². The molecule has 0 amide bonds. The van der Waals surface area contributed by atoms with Gasteiger partial charge in [-0.3, -0.25) is 4.57 Å². The van der Waals surface area contributed by atoms with Crippen molar-refractivity contribution in [3.63, 3.8) is 0 Å². The molecule has 0 saturated heterocycles. The molecule has 0 spiro atoms. The molecule has 3 aromatic rings. The van der Waals surface area contributed by atoms with Crippen LogP contribution in [0.2, 0.25) is 0 Å². The molecule has 0 aliphatic heterocycles. The number of rotatable bonds is 2. The van der Waals surface area contributed by atoms with Gasteiger partial charge in [-0.2, -0.15) is 0 Å². The molecule has 0 unspecified atom stereocenters. The summed E-state index contributed by atoms with van der Waals surface area (Å²) in [4.78, 5) is 4.19. The van der Waals surface area contributed by atoms with Crippen LogP contribution in [0.5, 0.6) is 0 Å². The van der Waals surface area contributed by atoms with Gasteiger partial charge in [0, 0.05) is 16.6 Å². The molecule has 108 valence electrons. The predicted octanol–water partition coefficient (Wildman–Crippen LogP) is 5.11. The molecule has 0 aliphatic carbocycles. The summed E-state index contributed by atoms with van der Waals surface area (Å²) in [5.74, 6) is -0.789. The van der Waals surface area contributed by atoms with Crippen molar-refractivity contribution in [2.45, 2.75) is 12.8 Å². The molecule has 0 aliphatic rings. The molecule has 6 heteroatoms. The summed E-state index contributed by atoms with van der Waals surface area (Å²) >= 11 is 9.38. The number of hydrogen-bond donors (Lipinski definition) is 0. The second-order valence-electron chi connectivity index (χ2n) is 4.71. The van der Waals surface area contributed by atoms with E-state index < -0.39 is 11.6 Å². The van der Waals surface area contributed by atoms with E-state index in [0.29, 0.717) is 11.3 Å². The summed E-state index contributed by atoms with van der Waals surface area (Å²) in [6.45, 7) is 1.94. The summed E-state index contributed by atoms with van der Waals surface area (Å²) in [6.07, 6.45) is 0. The normalized spacial score (nSPS) is 11.3. The molecular weight excluding hydrogens is 362 g/mol. The quantitative estimate of drug-likeness (QED) is 0.572.